The molecule has 2 aromatic rings. The summed E-state index contributed by atoms with van der Waals surface area (Å²) in [7, 11) is 0.656. The molecule has 18 heteroatoms. The fraction of sp³-hybridized carbons (Fsp3) is 0.611. The fourth-order valence-electron chi connectivity index (χ4n) is 7.53. The Kier molecular flexibility index (Phi) is 10.7. The van der Waals surface area contributed by atoms with E-state index in [9.17, 15) is 37.1 Å². The number of methoxy groups -OCH3 is 1. The molecule has 0 bridgehead atoms. The van der Waals surface area contributed by atoms with Gasteiger partial charge in [-0.25, -0.2) is 22.6 Å². The number of carbonyl (C=O) groups excluding carboxylic acids is 3. The van der Waals surface area contributed by atoms with Crippen molar-refractivity contribution in [2.45, 2.75) is 87.3 Å². The number of anilines is 1. The number of carbonyl (C=O) groups is 4. The normalized spacial score (nSPS) is 30.1. The minimum atomic E-state index is -4.40. The number of rotatable bonds is 9. The SMILES string of the molecule is COc1ccc2c(O[C@@H]3C[C@H]4C(=O)N[C@]5(C(=O)NS(=O)(=O)C6(CF)CC6)C[C@H]5/C=C\CC[C@H](C)C[C@@H](C)[C@H](NC(=O)O)C(=O)N4C3)nc(N(C)C)nc2c1. The molecule has 294 valence electrons. The van der Waals surface area contributed by atoms with Crippen molar-refractivity contribution in [3.63, 3.8) is 0 Å². The quantitative estimate of drug-likeness (QED) is 0.271. The number of fused-ring (bicyclic) bond motifs is 3. The van der Waals surface area contributed by atoms with Crippen molar-refractivity contribution in [3.8, 4) is 11.6 Å². The number of allylic oxidation sites excluding steroid dienone is 1. The molecule has 54 heavy (non-hydrogen) atoms. The lowest BCUT2D eigenvalue weighted by molar-refractivity contribution is -0.142. The van der Waals surface area contributed by atoms with Crippen molar-refractivity contribution in [2.24, 2.45) is 17.8 Å². The van der Waals surface area contributed by atoms with Crippen LogP contribution in [0.4, 0.5) is 15.1 Å². The number of nitrogens with one attached hydrogen (secondary N) is 3. The van der Waals surface area contributed by atoms with E-state index in [4.69, 9.17) is 9.47 Å². The third kappa shape index (κ3) is 7.61. The number of hydrogen-bond donors (Lipinski definition) is 4. The van der Waals surface area contributed by atoms with Crippen LogP contribution in [0.1, 0.15) is 58.8 Å². The van der Waals surface area contributed by atoms with E-state index in [1.165, 1.54) is 12.0 Å². The average molecular weight is 774 g/mol. The van der Waals surface area contributed by atoms with Crippen LogP contribution in [-0.4, -0.2) is 115 Å². The van der Waals surface area contributed by atoms with Gasteiger partial charge in [0.2, 0.25) is 33.7 Å². The van der Waals surface area contributed by atoms with Crippen LogP contribution in [0.2, 0.25) is 0 Å². The van der Waals surface area contributed by atoms with E-state index >= 15 is 0 Å². The number of hydrogen-bond acceptors (Lipinski definition) is 11. The van der Waals surface area contributed by atoms with Crippen LogP contribution in [0.25, 0.3) is 10.9 Å². The zero-order chi connectivity index (χ0) is 39.2. The maximum absolute atomic E-state index is 14.4. The summed E-state index contributed by atoms with van der Waals surface area (Å²) in [5.74, 6) is -2.24. The molecule has 7 atom stereocenters. The van der Waals surface area contributed by atoms with Gasteiger partial charge >= 0.3 is 6.09 Å². The van der Waals surface area contributed by atoms with Gasteiger partial charge in [0, 0.05) is 32.5 Å². The summed E-state index contributed by atoms with van der Waals surface area (Å²) < 4.78 is 52.3. The van der Waals surface area contributed by atoms with Crippen molar-refractivity contribution in [2.75, 3.05) is 39.3 Å². The van der Waals surface area contributed by atoms with Gasteiger partial charge in [0.05, 0.1) is 24.6 Å². The van der Waals surface area contributed by atoms with Gasteiger partial charge in [-0.15, -0.1) is 0 Å². The highest BCUT2D eigenvalue weighted by molar-refractivity contribution is 7.91. The van der Waals surface area contributed by atoms with Gasteiger partial charge in [-0.2, -0.15) is 4.98 Å². The Bertz CT molecular complexity index is 1960. The van der Waals surface area contributed by atoms with Crippen molar-refractivity contribution in [1.29, 1.82) is 0 Å². The maximum atomic E-state index is 14.4. The molecule has 1 aromatic carbocycles. The van der Waals surface area contributed by atoms with Gasteiger partial charge in [-0.05, 0) is 62.5 Å². The predicted molar refractivity (Wildman–Crippen MR) is 195 cm³/mol. The van der Waals surface area contributed by atoms with E-state index in [-0.39, 0.29) is 44.0 Å². The summed E-state index contributed by atoms with van der Waals surface area (Å²) >= 11 is 0. The van der Waals surface area contributed by atoms with Crippen molar-refractivity contribution < 1.29 is 46.6 Å². The number of benzene rings is 1. The van der Waals surface area contributed by atoms with E-state index in [0.29, 0.717) is 41.9 Å². The molecule has 2 aliphatic heterocycles. The third-order valence-electron chi connectivity index (χ3n) is 11.1. The topological polar surface area (TPSA) is 209 Å². The van der Waals surface area contributed by atoms with Crippen LogP contribution in [0, 0.1) is 17.8 Å². The highest BCUT2D eigenvalue weighted by atomic mass is 32.2. The second-order valence-corrected chi connectivity index (χ2v) is 17.4. The molecule has 2 aliphatic carbocycles. The van der Waals surface area contributed by atoms with Crippen LogP contribution in [0.3, 0.4) is 0 Å². The molecule has 1 saturated heterocycles. The molecule has 4 aliphatic rings. The first-order chi connectivity index (χ1) is 25.5. The zero-order valence-electron chi connectivity index (χ0n) is 31.0. The lowest BCUT2D eigenvalue weighted by Crippen LogP contribution is -2.59. The molecule has 4 amide bonds. The number of carboxylic acid groups (broad SMARTS) is 1. The van der Waals surface area contributed by atoms with E-state index in [0.717, 1.165) is 0 Å². The third-order valence-corrected chi connectivity index (χ3v) is 13.2. The number of nitrogens with zero attached hydrogens (tertiary/aromatic N) is 4. The number of alkyl halides is 1. The number of ether oxygens (including phenoxy) is 2. The predicted octanol–water partition coefficient (Wildman–Crippen LogP) is 2.52. The van der Waals surface area contributed by atoms with Crippen LogP contribution in [-0.2, 0) is 24.4 Å². The molecule has 3 fully saturated rings. The van der Waals surface area contributed by atoms with E-state index in [2.05, 4.69) is 25.3 Å². The van der Waals surface area contributed by atoms with Crippen LogP contribution in [0.15, 0.2) is 30.4 Å². The van der Waals surface area contributed by atoms with Crippen molar-refractivity contribution >= 4 is 50.7 Å². The second-order valence-electron chi connectivity index (χ2n) is 15.4. The molecule has 2 saturated carbocycles. The molecule has 0 unspecified atom stereocenters. The highest BCUT2D eigenvalue weighted by Crippen LogP contribution is 2.48. The van der Waals surface area contributed by atoms with Gasteiger partial charge in [-0.1, -0.05) is 26.0 Å². The molecule has 0 radical (unpaired) electrons. The van der Waals surface area contributed by atoms with Crippen LogP contribution >= 0.6 is 0 Å². The van der Waals surface area contributed by atoms with E-state index in [1.54, 1.807) is 50.2 Å². The average Bonchev–Trinajstić information content (AvgIpc) is 4.02. The molecule has 1 aromatic heterocycles. The van der Waals surface area contributed by atoms with Gasteiger partial charge in [0.25, 0.3) is 5.91 Å². The van der Waals surface area contributed by atoms with E-state index < -0.39 is 80.8 Å². The smallest absolute Gasteiger partial charge is 0.405 e. The Morgan fingerprint density at radius 2 is 1.91 bits per heavy atom. The Hall–Kier alpha value is -4.74. The largest absolute Gasteiger partial charge is 0.497 e. The standard InChI is InChI=1S/C36H48FN7O9S/c1-20-8-6-7-9-22-17-36(22,32(47)42-54(50,51)35(19-37)12-13-35)41-29(45)27-16-24(18-44(27)31(46)28(21(2)14-20)39-34(48)49)53-30-25-11-10-23(52-5)15-26(25)38-33(40-30)43(3)4/h7,9-11,15,20-22,24,27-28,39H,6,8,12-14,16-19H2,1-5H3,(H,41,45)(H,42,47)(H,48,49)/b9-7-/t20-,21+,22+,24+,27-,28-,36+/m0/s1. The lowest BCUT2D eigenvalue weighted by Gasteiger charge is -2.32. The van der Waals surface area contributed by atoms with Crippen molar-refractivity contribution in [3.05, 3.63) is 30.4 Å². The van der Waals surface area contributed by atoms with Crippen LogP contribution < -0.4 is 29.7 Å². The zero-order valence-corrected chi connectivity index (χ0v) is 31.8. The minimum Gasteiger partial charge on any atom is -0.497 e. The first-order valence-corrected chi connectivity index (χ1v) is 19.6. The highest BCUT2D eigenvalue weighted by Gasteiger charge is 2.64. The van der Waals surface area contributed by atoms with Crippen molar-refractivity contribution in [1.82, 2.24) is 30.2 Å². The van der Waals surface area contributed by atoms with Gasteiger partial charge in [0.1, 0.15) is 40.9 Å². The number of sulfonamides is 1. The van der Waals surface area contributed by atoms with Gasteiger partial charge in [-0.3, -0.25) is 19.1 Å². The fourth-order valence-corrected chi connectivity index (χ4v) is 8.95. The first kappa shape index (κ1) is 39.0. The molecular weight excluding hydrogens is 726 g/mol. The number of amides is 4. The molecule has 0 spiro atoms. The lowest BCUT2D eigenvalue weighted by atomic mass is 9.88. The molecule has 6 rings (SSSR count). The first-order valence-electron chi connectivity index (χ1n) is 18.1. The Morgan fingerprint density at radius 3 is 2.56 bits per heavy atom. The monoisotopic (exact) mass is 773 g/mol. The Labute approximate surface area is 313 Å². The van der Waals surface area contributed by atoms with Gasteiger partial charge < -0.3 is 35.0 Å². The summed E-state index contributed by atoms with van der Waals surface area (Å²) in [6, 6.07) is 2.72. The Morgan fingerprint density at radius 1 is 1.17 bits per heavy atom. The summed E-state index contributed by atoms with van der Waals surface area (Å²) in [5, 5.41) is 15.5. The second kappa shape index (κ2) is 14.8. The molecule has 4 N–H and O–H groups in total. The number of halogens is 1. The van der Waals surface area contributed by atoms with Crippen LogP contribution in [0.5, 0.6) is 11.6 Å². The number of aromatic nitrogens is 2. The summed E-state index contributed by atoms with van der Waals surface area (Å²) in [5.41, 5.74) is -1.16. The molecular formula is C36H48FN7O9S. The summed E-state index contributed by atoms with van der Waals surface area (Å²) in [4.78, 5) is 66.8. The summed E-state index contributed by atoms with van der Waals surface area (Å²) in [6.07, 6.45) is 3.38. The van der Waals surface area contributed by atoms with Gasteiger partial charge in [0.15, 0.2) is 0 Å². The maximum Gasteiger partial charge on any atom is 0.405 e. The molecule has 3 heterocycles. The molecule has 16 nitrogen and oxygen atoms in total. The Balaban J connectivity index is 1.36. The minimum absolute atomic E-state index is 0.0669. The van der Waals surface area contributed by atoms with E-state index in [1.807, 2.05) is 13.0 Å². The summed E-state index contributed by atoms with van der Waals surface area (Å²) in [6.45, 7) is 2.50.